The molecule has 1 fully saturated rings. The van der Waals surface area contributed by atoms with Crippen molar-refractivity contribution in [1.29, 1.82) is 0 Å². The highest BCUT2D eigenvalue weighted by atomic mass is 16.2. The Morgan fingerprint density at radius 3 is 1.77 bits per heavy atom. The average molecular weight is 603 g/mol. The number of carbonyl (C=O) groups excluding carboxylic acids is 1. The number of hydrogen-bond donors (Lipinski definition) is 4. The second kappa shape index (κ2) is 28.2. The summed E-state index contributed by atoms with van der Waals surface area (Å²) in [6.07, 6.45) is 29.9. The Hall–Kier alpha value is -1.28. The van der Waals surface area contributed by atoms with Gasteiger partial charge in [0.05, 0.1) is 0 Å². The fraction of sp³-hybridized carbons (Fsp3) is 0.889. The number of amides is 1. The van der Waals surface area contributed by atoms with Gasteiger partial charge in [-0.15, -0.1) is 0 Å². The third-order valence-electron chi connectivity index (χ3n) is 8.85. The molecule has 0 aromatic carbocycles. The first kappa shape index (κ1) is 37.9. The van der Waals surface area contributed by atoms with Crippen LogP contribution in [0.4, 0.5) is 0 Å². The molecule has 0 bridgehead atoms. The number of aliphatic imine (C=N–C) groups is 1. The van der Waals surface area contributed by atoms with E-state index < -0.39 is 0 Å². The van der Waals surface area contributed by atoms with E-state index in [2.05, 4.69) is 40.3 Å². The van der Waals surface area contributed by atoms with E-state index in [0.29, 0.717) is 0 Å². The van der Waals surface area contributed by atoms with Gasteiger partial charge in [-0.2, -0.15) is 0 Å². The summed E-state index contributed by atoms with van der Waals surface area (Å²) < 4.78 is 0. The molecule has 250 valence electrons. The van der Waals surface area contributed by atoms with Crippen molar-refractivity contribution in [2.45, 2.75) is 135 Å². The number of allylic oxidation sites excluding steroid dienone is 2. The molecule has 0 spiro atoms. The van der Waals surface area contributed by atoms with Crippen LogP contribution >= 0.6 is 0 Å². The molecule has 0 aromatic rings. The van der Waals surface area contributed by atoms with Crippen LogP contribution in [-0.4, -0.2) is 82.1 Å². The fourth-order valence-electron chi connectivity index (χ4n) is 6.12. The van der Waals surface area contributed by atoms with Crippen LogP contribution < -0.4 is 21.3 Å². The number of nitrogens with one attached hydrogen (secondary N) is 4. The second-order valence-corrected chi connectivity index (χ2v) is 12.8. The van der Waals surface area contributed by atoms with Crippen LogP contribution in [0.3, 0.4) is 0 Å². The number of nitrogens with zero attached hydrogens (tertiary/aromatic N) is 2. The highest BCUT2D eigenvalue weighted by Crippen LogP contribution is 2.25. The zero-order valence-electron chi connectivity index (χ0n) is 28.2. The second-order valence-electron chi connectivity index (χ2n) is 12.8. The van der Waals surface area contributed by atoms with Crippen molar-refractivity contribution in [2.75, 3.05) is 65.4 Å². The zero-order valence-corrected chi connectivity index (χ0v) is 28.2. The summed E-state index contributed by atoms with van der Waals surface area (Å²) in [4.78, 5) is 20.3. The lowest BCUT2D eigenvalue weighted by Crippen LogP contribution is -2.34. The molecule has 2 rings (SSSR count). The largest absolute Gasteiger partial charge is 0.317 e. The minimum Gasteiger partial charge on any atom is -0.317 e. The van der Waals surface area contributed by atoms with E-state index in [1.165, 1.54) is 83.5 Å². The van der Waals surface area contributed by atoms with Crippen LogP contribution in [0.25, 0.3) is 0 Å². The van der Waals surface area contributed by atoms with Crippen molar-refractivity contribution in [3.63, 3.8) is 0 Å². The van der Waals surface area contributed by atoms with Crippen molar-refractivity contribution in [2.24, 2.45) is 10.9 Å². The summed E-state index contributed by atoms with van der Waals surface area (Å²) in [5.41, 5.74) is 0. The van der Waals surface area contributed by atoms with Gasteiger partial charge in [-0.25, -0.2) is 0 Å². The molecular formula is C36H70N6O. The average Bonchev–Trinajstić information content (AvgIpc) is 3.31. The van der Waals surface area contributed by atoms with Crippen LogP contribution in [0.5, 0.6) is 0 Å². The predicted molar refractivity (Wildman–Crippen MR) is 186 cm³/mol. The molecule has 0 radical (unpaired) electrons. The minimum absolute atomic E-state index is 0.0665. The van der Waals surface area contributed by atoms with Crippen molar-refractivity contribution < 1.29 is 4.79 Å². The van der Waals surface area contributed by atoms with Crippen LogP contribution in [0.2, 0.25) is 0 Å². The molecule has 0 aliphatic carbocycles. The van der Waals surface area contributed by atoms with E-state index in [1.807, 2.05) is 4.90 Å². The number of hydrogen-bond acceptors (Lipinski definition) is 6. The van der Waals surface area contributed by atoms with Crippen molar-refractivity contribution in [1.82, 2.24) is 26.2 Å². The molecule has 7 heteroatoms. The Balaban J connectivity index is 1.62. The fourth-order valence-corrected chi connectivity index (χ4v) is 6.12. The van der Waals surface area contributed by atoms with Gasteiger partial charge in [-0.05, 0) is 84.2 Å². The summed E-state index contributed by atoms with van der Waals surface area (Å²) >= 11 is 0. The Morgan fingerprint density at radius 2 is 1.16 bits per heavy atom. The van der Waals surface area contributed by atoms with Crippen LogP contribution in [0, 0.1) is 5.92 Å². The Labute approximate surface area is 266 Å². The summed E-state index contributed by atoms with van der Waals surface area (Å²) in [5, 5.41) is 14.1. The number of fused-ring (bicyclic) bond motifs is 1. The molecule has 1 atom stereocenters. The molecule has 1 unspecified atom stereocenters. The molecule has 1 saturated heterocycles. The first-order chi connectivity index (χ1) is 21.3. The quantitative estimate of drug-likeness (QED) is 0.118. The van der Waals surface area contributed by atoms with Crippen LogP contribution in [0.15, 0.2) is 17.1 Å². The van der Waals surface area contributed by atoms with E-state index in [-0.39, 0.29) is 11.8 Å². The van der Waals surface area contributed by atoms with E-state index in [4.69, 9.17) is 4.99 Å². The molecular weight excluding hydrogens is 532 g/mol. The third-order valence-corrected chi connectivity index (χ3v) is 8.85. The maximum Gasteiger partial charge on any atom is 0.231 e. The normalized spacial score (nSPS) is 22.3. The molecule has 0 saturated carbocycles. The van der Waals surface area contributed by atoms with E-state index >= 15 is 0 Å². The van der Waals surface area contributed by atoms with Gasteiger partial charge in [0.2, 0.25) is 5.91 Å². The van der Waals surface area contributed by atoms with Gasteiger partial charge in [0.15, 0.2) is 0 Å². The van der Waals surface area contributed by atoms with Gasteiger partial charge >= 0.3 is 0 Å². The summed E-state index contributed by atoms with van der Waals surface area (Å²) in [7, 11) is 0. The monoisotopic (exact) mass is 603 g/mol. The SMILES string of the molecule is CCCCCCCCCCCCCCCC=CCC1C/C2=N\CCCNCCCNCCNCCCNCCCN2C1=O. The molecule has 2 heterocycles. The van der Waals surface area contributed by atoms with Crippen LogP contribution in [0.1, 0.15) is 135 Å². The third kappa shape index (κ3) is 20.4. The highest BCUT2D eigenvalue weighted by molar-refractivity contribution is 6.06. The maximum atomic E-state index is 13.3. The lowest BCUT2D eigenvalue weighted by Gasteiger charge is -2.18. The summed E-state index contributed by atoms with van der Waals surface area (Å²) in [6, 6.07) is 0. The van der Waals surface area contributed by atoms with Gasteiger partial charge in [0.1, 0.15) is 5.84 Å². The highest BCUT2D eigenvalue weighted by Gasteiger charge is 2.35. The molecule has 43 heavy (non-hydrogen) atoms. The van der Waals surface area contributed by atoms with Crippen molar-refractivity contribution in [3.8, 4) is 0 Å². The standard InChI is InChI=1S/C36H70N6O/c1-2-3-4-5-6-7-8-9-10-11-12-13-14-15-16-17-22-34-33-35-41-29-20-27-37-23-18-25-39-30-31-40-26-19-24-38-28-21-32-42(35)36(34)43/h16-17,34,37-40H,2-15,18-33H2,1H3/b17-16?,41-35+. The Bertz CT molecular complexity index is 712. The first-order valence-electron chi connectivity index (χ1n) is 18.7. The number of amidine groups is 1. The van der Waals surface area contributed by atoms with Gasteiger partial charge in [-0.1, -0.05) is 96.1 Å². The lowest BCUT2D eigenvalue weighted by molar-refractivity contribution is -0.129. The molecule has 7 nitrogen and oxygen atoms in total. The van der Waals surface area contributed by atoms with E-state index in [1.54, 1.807) is 0 Å². The lowest BCUT2D eigenvalue weighted by atomic mass is 10.0. The molecule has 4 N–H and O–H groups in total. The maximum absolute atomic E-state index is 13.3. The molecule has 1 amide bonds. The van der Waals surface area contributed by atoms with Crippen LogP contribution in [-0.2, 0) is 4.79 Å². The van der Waals surface area contributed by atoms with Gasteiger partial charge < -0.3 is 26.2 Å². The van der Waals surface area contributed by atoms with E-state index in [0.717, 1.165) is 116 Å². The number of unbranched alkanes of at least 4 members (excludes halogenated alkanes) is 13. The predicted octanol–water partition coefficient (Wildman–Crippen LogP) is 6.59. The molecule has 2 aliphatic heterocycles. The number of rotatable bonds is 16. The minimum atomic E-state index is 0.0665. The van der Waals surface area contributed by atoms with Gasteiger partial charge in [0, 0.05) is 38.5 Å². The summed E-state index contributed by atoms with van der Waals surface area (Å²) in [6.45, 7) is 12.0. The molecule has 0 aromatic heterocycles. The zero-order chi connectivity index (χ0) is 30.5. The summed E-state index contributed by atoms with van der Waals surface area (Å²) in [5.74, 6) is 1.38. The van der Waals surface area contributed by atoms with Crippen molar-refractivity contribution in [3.05, 3.63) is 12.2 Å². The smallest absolute Gasteiger partial charge is 0.231 e. The topological polar surface area (TPSA) is 80.8 Å². The van der Waals surface area contributed by atoms with Gasteiger partial charge in [-0.3, -0.25) is 9.79 Å². The first-order valence-corrected chi connectivity index (χ1v) is 18.7. The van der Waals surface area contributed by atoms with Gasteiger partial charge in [0.25, 0.3) is 0 Å². The molecule has 2 aliphatic rings. The van der Waals surface area contributed by atoms with E-state index in [9.17, 15) is 4.79 Å². The Kier molecular flexibility index (Phi) is 24.9. The van der Waals surface area contributed by atoms with Crippen molar-refractivity contribution >= 4 is 11.7 Å². The Morgan fingerprint density at radius 1 is 0.651 bits per heavy atom. The number of carbonyl (C=O) groups is 1.